The van der Waals surface area contributed by atoms with Crippen molar-refractivity contribution in [1.29, 1.82) is 0 Å². The van der Waals surface area contributed by atoms with Crippen LogP contribution in [0.15, 0.2) is 35.5 Å². The van der Waals surface area contributed by atoms with Crippen molar-refractivity contribution in [3.63, 3.8) is 0 Å². The van der Waals surface area contributed by atoms with Gasteiger partial charge in [0.1, 0.15) is 0 Å². The molecule has 23 heavy (non-hydrogen) atoms. The summed E-state index contributed by atoms with van der Waals surface area (Å²) in [6.45, 7) is 13.9. The number of carbonyl (C=O) groups excluding carboxylic acids is 1. The van der Waals surface area contributed by atoms with Gasteiger partial charge in [0, 0.05) is 11.5 Å². The Morgan fingerprint density at radius 3 is 2.48 bits per heavy atom. The predicted octanol–water partition coefficient (Wildman–Crippen LogP) is 4.94. The van der Waals surface area contributed by atoms with Gasteiger partial charge in [-0.1, -0.05) is 37.6 Å². The Balaban J connectivity index is 0.000000322. The number of rotatable bonds is 2. The monoisotopic (exact) mass is 318 g/mol. The lowest BCUT2D eigenvalue weighted by atomic mass is 9.58. The Morgan fingerprint density at radius 1 is 1.43 bits per heavy atom. The van der Waals surface area contributed by atoms with E-state index in [1.165, 1.54) is 18.4 Å². The van der Waals surface area contributed by atoms with Gasteiger partial charge in [-0.05, 0) is 63.9 Å². The van der Waals surface area contributed by atoms with Crippen molar-refractivity contribution in [3.05, 3.63) is 35.5 Å². The normalized spacial score (nSPS) is 30.6. The number of carboxylic acids is 1. The van der Waals surface area contributed by atoms with Gasteiger partial charge in [-0.2, -0.15) is 0 Å². The van der Waals surface area contributed by atoms with Gasteiger partial charge < -0.3 is 5.11 Å². The Bertz CT molecular complexity index is 553. The summed E-state index contributed by atoms with van der Waals surface area (Å²) in [4.78, 5) is 21.9. The summed E-state index contributed by atoms with van der Waals surface area (Å²) in [5.41, 5.74) is 3.06. The quantitative estimate of drug-likeness (QED) is 0.579. The molecule has 3 atom stereocenters. The van der Waals surface area contributed by atoms with Crippen molar-refractivity contribution < 1.29 is 14.7 Å². The topological polar surface area (TPSA) is 54.4 Å². The van der Waals surface area contributed by atoms with Crippen LogP contribution < -0.4 is 0 Å². The summed E-state index contributed by atoms with van der Waals surface area (Å²) in [6, 6.07) is 0. The highest BCUT2D eigenvalue weighted by Gasteiger charge is 2.43. The molecule has 1 N–H and O–H groups in total. The lowest BCUT2D eigenvalue weighted by Crippen LogP contribution is -2.39. The van der Waals surface area contributed by atoms with E-state index in [4.69, 9.17) is 5.11 Å². The molecule has 2 rings (SSSR count). The fraction of sp³-hybridized carbons (Fsp3) is 0.600. The van der Waals surface area contributed by atoms with Crippen LogP contribution in [0.5, 0.6) is 0 Å². The van der Waals surface area contributed by atoms with E-state index in [2.05, 4.69) is 20.4 Å². The second kappa shape index (κ2) is 7.76. The average molecular weight is 318 g/mol. The van der Waals surface area contributed by atoms with E-state index in [0.717, 1.165) is 18.4 Å². The number of hydrogen-bond acceptors (Lipinski definition) is 2. The molecule has 0 amide bonds. The molecule has 0 bridgehead atoms. The van der Waals surface area contributed by atoms with E-state index in [0.29, 0.717) is 11.5 Å². The zero-order valence-corrected chi connectivity index (χ0v) is 15.1. The second-order valence-electron chi connectivity index (χ2n) is 7.16. The smallest absolute Gasteiger partial charge is 0.330 e. The van der Waals surface area contributed by atoms with Crippen molar-refractivity contribution in [2.75, 3.05) is 0 Å². The van der Waals surface area contributed by atoms with Gasteiger partial charge in [0.15, 0.2) is 5.78 Å². The van der Waals surface area contributed by atoms with Gasteiger partial charge in [-0.15, -0.1) is 0 Å². The highest BCUT2D eigenvalue weighted by atomic mass is 16.4. The Morgan fingerprint density at radius 2 is 2.04 bits per heavy atom. The first-order chi connectivity index (χ1) is 10.6. The lowest BCUT2D eigenvalue weighted by Gasteiger charge is -2.46. The van der Waals surface area contributed by atoms with Crippen LogP contribution >= 0.6 is 0 Å². The van der Waals surface area contributed by atoms with E-state index in [-0.39, 0.29) is 17.1 Å². The van der Waals surface area contributed by atoms with Crippen molar-refractivity contribution >= 4 is 11.8 Å². The maximum Gasteiger partial charge on any atom is 0.330 e. The first-order valence-corrected chi connectivity index (χ1v) is 8.40. The number of ketones is 1. The van der Waals surface area contributed by atoms with Gasteiger partial charge in [-0.3, -0.25) is 4.79 Å². The fourth-order valence-corrected chi connectivity index (χ4v) is 3.43. The van der Waals surface area contributed by atoms with E-state index in [1.54, 1.807) is 19.9 Å². The first-order valence-electron chi connectivity index (χ1n) is 8.40. The Hall–Kier alpha value is -1.64. The third kappa shape index (κ3) is 4.43. The highest BCUT2D eigenvalue weighted by molar-refractivity contribution is 5.95. The average Bonchev–Trinajstić information content (AvgIpc) is 2.48. The number of carbonyl (C=O) groups is 2. The molecule has 0 aliphatic heterocycles. The van der Waals surface area contributed by atoms with Crippen LogP contribution in [0.1, 0.15) is 60.3 Å². The van der Waals surface area contributed by atoms with Crippen LogP contribution in [0.25, 0.3) is 0 Å². The number of fused-ring (bicyclic) bond motifs is 1. The van der Waals surface area contributed by atoms with E-state index in [1.807, 2.05) is 13.0 Å². The first kappa shape index (κ1) is 19.4. The Kier molecular flexibility index (Phi) is 6.55. The predicted molar refractivity (Wildman–Crippen MR) is 94.2 cm³/mol. The minimum absolute atomic E-state index is 0.0642. The zero-order chi connectivity index (χ0) is 17.8. The van der Waals surface area contributed by atoms with Crippen molar-refractivity contribution in [2.24, 2.45) is 17.3 Å². The molecule has 2 aliphatic carbocycles. The van der Waals surface area contributed by atoms with Crippen LogP contribution in [-0.2, 0) is 9.59 Å². The second-order valence-corrected chi connectivity index (χ2v) is 7.16. The molecule has 2 aliphatic rings. The fourth-order valence-electron chi connectivity index (χ4n) is 3.43. The summed E-state index contributed by atoms with van der Waals surface area (Å²) in [7, 11) is 0. The summed E-state index contributed by atoms with van der Waals surface area (Å²) >= 11 is 0. The lowest BCUT2D eigenvalue weighted by molar-refractivity contribution is -0.132. The van der Waals surface area contributed by atoms with Crippen LogP contribution in [0.4, 0.5) is 0 Å². The molecule has 0 aromatic carbocycles. The highest BCUT2D eigenvalue weighted by Crippen LogP contribution is 2.52. The summed E-state index contributed by atoms with van der Waals surface area (Å²) in [6.07, 6.45) is 8.13. The SMILES string of the molecule is C/C=C(/C)C(=O)O.C=C(C)C1CC2(C)C(=CC1=O)CCCC2C. The number of aliphatic carboxylic acids is 1. The molecule has 128 valence electrons. The molecule has 0 radical (unpaired) electrons. The maximum absolute atomic E-state index is 12.0. The van der Waals surface area contributed by atoms with Gasteiger partial charge in [-0.25, -0.2) is 4.79 Å². The summed E-state index contributed by atoms with van der Waals surface area (Å²) in [5, 5.41) is 8.11. The molecule has 3 nitrogen and oxygen atoms in total. The van der Waals surface area contributed by atoms with Gasteiger partial charge >= 0.3 is 5.97 Å². The number of hydrogen-bond donors (Lipinski definition) is 1. The third-order valence-corrected chi connectivity index (χ3v) is 5.56. The number of carboxylic acid groups (broad SMARTS) is 1. The van der Waals surface area contributed by atoms with Gasteiger partial charge in [0.25, 0.3) is 0 Å². The summed E-state index contributed by atoms with van der Waals surface area (Å²) < 4.78 is 0. The van der Waals surface area contributed by atoms with E-state index in [9.17, 15) is 9.59 Å². The van der Waals surface area contributed by atoms with Crippen LogP contribution in [0.3, 0.4) is 0 Å². The molecule has 0 aromatic heterocycles. The largest absolute Gasteiger partial charge is 0.478 e. The third-order valence-electron chi connectivity index (χ3n) is 5.56. The van der Waals surface area contributed by atoms with Crippen LogP contribution in [0, 0.1) is 17.3 Å². The molecule has 1 saturated carbocycles. The molecule has 0 heterocycles. The van der Waals surface area contributed by atoms with E-state index < -0.39 is 5.97 Å². The maximum atomic E-state index is 12.0. The van der Waals surface area contributed by atoms with Crippen LogP contribution in [-0.4, -0.2) is 16.9 Å². The molecular formula is C20H30O3. The standard InChI is InChI=1S/C15H22O.C5H8O2/c1-10(2)13-9-15(4)11(3)6-5-7-12(15)8-14(13)16;1-3-4(2)5(6)7/h8,11,13H,1,5-7,9H2,2-4H3;3H,1-2H3,(H,6,7)/b;4-3-. The molecule has 3 unspecified atom stereocenters. The van der Waals surface area contributed by atoms with Crippen LogP contribution in [0.2, 0.25) is 0 Å². The Labute approximate surface area is 140 Å². The summed E-state index contributed by atoms with van der Waals surface area (Å²) in [5.74, 6) is 0.202. The van der Waals surface area contributed by atoms with Gasteiger partial charge in [0.2, 0.25) is 0 Å². The molecule has 0 saturated heterocycles. The zero-order valence-electron chi connectivity index (χ0n) is 15.1. The molecule has 3 heteroatoms. The van der Waals surface area contributed by atoms with Crippen molar-refractivity contribution in [3.8, 4) is 0 Å². The molecule has 0 aromatic rings. The van der Waals surface area contributed by atoms with Crippen molar-refractivity contribution in [1.82, 2.24) is 0 Å². The minimum Gasteiger partial charge on any atom is -0.478 e. The van der Waals surface area contributed by atoms with E-state index >= 15 is 0 Å². The minimum atomic E-state index is -0.845. The molecular weight excluding hydrogens is 288 g/mol. The van der Waals surface area contributed by atoms with Crippen molar-refractivity contribution in [2.45, 2.75) is 60.3 Å². The number of allylic oxidation sites excluding steroid dienone is 4. The van der Waals surface area contributed by atoms with Gasteiger partial charge in [0.05, 0.1) is 0 Å². The molecule has 1 fully saturated rings. The molecule has 0 spiro atoms.